The number of fused-ring (bicyclic) bond motifs is 3. The fourth-order valence-corrected chi connectivity index (χ4v) is 9.94. The van der Waals surface area contributed by atoms with Gasteiger partial charge in [0.15, 0.2) is 11.9 Å². The van der Waals surface area contributed by atoms with E-state index < -0.39 is 115 Å². The number of hydrogen-bond acceptors (Lipinski definition) is 12. The highest BCUT2D eigenvalue weighted by atomic mass is 16.3. The van der Waals surface area contributed by atoms with Crippen LogP contribution in [0.25, 0.3) is 0 Å². The van der Waals surface area contributed by atoms with Gasteiger partial charge in [-0.15, -0.1) is 0 Å². The molecule has 75 heavy (non-hydrogen) atoms. The normalized spacial score (nSPS) is 25.8. The summed E-state index contributed by atoms with van der Waals surface area (Å²) in [5, 5.41) is 26.7. The van der Waals surface area contributed by atoms with Gasteiger partial charge in [0.25, 0.3) is 0 Å². The summed E-state index contributed by atoms with van der Waals surface area (Å²) in [7, 11) is 0. The lowest BCUT2D eigenvalue weighted by atomic mass is 10.0. The fraction of sp³-hybridized carbons (Fsp3) is 0.540. The van der Waals surface area contributed by atoms with Crippen molar-refractivity contribution in [2.45, 2.75) is 125 Å². The Kier molecular flexibility index (Phi) is 20.7. The molecule has 4 saturated heterocycles. The zero-order valence-corrected chi connectivity index (χ0v) is 42.0. The van der Waals surface area contributed by atoms with Gasteiger partial charge < -0.3 is 74.6 Å². The van der Waals surface area contributed by atoms with E-state index in [9.17, 15) is 48.3 Å². The number of nitrogens with two attached hydrogens (primary N) is 4. The third-order valence-electron chi connectivity index (χ3n) is 13.7. The van der Waals surface area contributed by atoms with Gasteiger partial charge in [-0.25, -0.2) is 0 Å². The van der Waals surface area contributed by atoms with Crippen molar-refractivity contribution in [1.82, 2.24) is 46.6 Å². The highest BCUT2D eigenvalue weighted by Crippen LogP contribution is 2.27. The number of aliphatic imine (C=N–C) groups is 2. The van der Waals surface area contributed by atoms with Crippen LogP contribution >= 0.6 is 0 Å². The monoisotopic (exact) mass is 1040 g/mol. The van der Waals surface area contributed by atoms with Crippen molar-refractivity contribution >= 4 is 65.1 Å². The van der Waals surface area contributed by atoms with Crippen LogP contribution in [0.2, 0.25) is 0 Å². The molecule has 6 rings (SSSR count). The van der Waals surface area contributed by atoms with Gasteiger partial charge in [-0.05, 0) is 75.3 Å². The van der Waals surface area contributed by atoms with E-state index in [2.05, 4.69) is 41.9 Å². The molecule has 0 unspecified atom stereocenters. The molecule has 25 nitrogen and oxygen atoms in total. The van der Waals surface area contributed by atoms with E-state index in [-0.39, 0.29) is 102 Å². The molecule has 2 aromatic rings. The topological polar surface area (TPSA) is 385 Å². The van der Waals surface area contributed by atoms with Crippen LogP contribution < -0.4 is 54.8 Å². The average molecular weight is 1040 g/mol. The standard InChI is InChI=1S/C50H71N15O10/c51-49(52)55-21-7-16-32-41(68)60-33(17-8-22-56-50(53)54)46(73)65-25-11-20-39(65)48(75)64-24-9-18-37(64)44(71)57-28-40(67)58-34(26-30-12-3-1-4-13-30)42(69)62-36(29-66)47(74)63-23-10-19-38(63)45(72)61-35(43(70)59-32)27-31-14-5-2-6-15-31/h1-6,12-15,32-39,66H,7-11,16-29H2,(H,57,71)(H,58,67)(H,59,70)(H,60,68)(H,61,72)(H,62,69)(H4,51,52,55)(H4,53,54,56)/t32-,33-,34-,35-,36-,37-,38-,39-/m0/s1. The minimum atomic E-state index is -1.56. The molecular weight excluding hydrogens is 971 g/mol. The first-order chi connectivity index (χ1) is 36.0. The van der Waals surface area contributed by atoms with Crippen LogP contribution in [0.4, 0.5) is 0 Å². The Morgan fingerprint density at radius 1 is 0.493 bits per heavy atom. The van der Waals surface area contributed by atoms with Gasteiger partial charge in [0, 0.05) is 45.6 Å². The van der Waals surface area contributed by atoms with Crippen LogP contribution in [-0.4, -0.2) is 179 Å². The lowest BCUT2D eigenvalue weighted by Gasteiger charge is -2.33. The van der Waals surface area contributed by atoms with E-state index in [0.29, 0.717) is 30.4 Å². The fourth-order valence-electron chi connectivity index (χ4n) is 9.94. The van der Waals surface area contributed by atoms with Gasteiger partial charge in [-0.1, -0.05) is 60.7 Å². The third-order valence-corrected chi connectivity index (χ3v) is 13.7. The lowest BCUT2D eigenvalue weighted by molar-refractivity contribution is -0.148. The van der Waals surface area contributed by atoms with Gasteiger partial charge in [0.2, 0.25) is 53.2 Å². The van der Waals surface area contributed by atoms with Crippen LogP contribution in [-0.2, 0) is 56.0 Å². The van der Waals surface area contributed by atoms with E-state index in [0.717, 1.165) is 0 Å². The molecule has 15 N–H and O–H groups in total. The number of benzene rings is 2. The summed E-state index contributed by atoms with van der Waals surface area (Å²) in [6.45, 7) is -0.888. The summed E-state index contributed by atoms with van der Waals surface area (Å²) < 4.78 is 0. The molecule has 4 fully saturated rings. The third kappa shape index (κ3) is 15.8. The number of carbonyl (C=O) groups excluding carboxylic acids is 9. The molecule has 406 valence electrons. The molecule has 9 amide bonds. The van der Waals surface area contributed by atoms with Crippen LogP contribution in [0, 0.1) is 0 Å². The number of hydrogen-bond donors (Lipinski definition) is 11. The molecule has 2 aromatic carbocycles. The Balaban J connectivity index is 1.36. The summed E-state index contributed by atoms with van der Waals surface area (Å²) in [4.78, 5) is 140. The zero-order chi connectivity index (χ0) is 54.0. The summed E-state index contributed by atoms with van der Waals surface area (Å²) in [5.41, 5.74) is 23.6. The number of nitrogens with zero attached hydrogens (tertiary/aromatic N) is 5. The molecule has 0 radical (unpaired) electrons. The zero-order valence-electron chi connectivity index (χ0n) is 42.0. The van der Waals surface area contributed by atoms with Gasteiger partial charge >= 0.3 is 0 Å². The second-order valence-corrected chi connectivity index (χ2v) is 19.1. The van der Waals surface area contributed by atoms with Crippen LogP contribution in [0.15, 0.2) is 70.6 Å². The SMILES string of the molecule is NC(N)=NCCC[C@@H]1NC(=O)[C@H](Cc2ccccc2)NC(=O)[C@@H]2CCCN2C(=O)[C@H](CO)NC(=O)[C@H](Cc2ccccc2)NC(=O)CNC(=O)[C@@H]2CCCN2C(=O)[C@@H]2CCCN2C(=O)[C@H](CCCN=C(N)N)NC1=O. The highest BCUT2D eigenvalue weighted by Gasteiger charge is 2.45. The Bertz CT molecular complexity index is 2420. The van der Waals surface area contributed by atoms with Crippen molar-refractivity contribution in [2.24, 2.45) is 32.9 Å². The van der Waals surface area contributed by atoms with Crippen molar-refractivity contribution in [1.29, 1.82) is 0 Å². The van der Waals surface area contributed by atoms with E-state index in [4.69, 9.17) is 22.9 Å². The highest BCUT2D eigenvalue weighted by molar-refractivity contribution is 5.99. The van der Waals surface area contributed by atoms with E-state index in [1.165, 1.54) is 14.7 Å². The predicted molar refractivity (Wildman–Crippen MR) is 274 cm³/mol. The van der Waals surface area contributed by atoms with Crippen LogP contribution in [0.5, 0.6) is 0 Å². The first-order valence-electron chi connectivity index (χ1n) is 25.5. The number of nitrogens with one attached hydrogen (secondary N) is 6. The summed E-state index contributed by atoms with van der Waals surface area (Å²) >= 11 is 0. The first kappa shape index (κ1) is 56.5. The van der Waals surface area contributed by atoms with Crippen molar-refractivity contribution < 1.29 is 48.3 Å². The van der Waals surface area contributed by atoms with Crippen LogP contribution in [0.1, 0.15) is 75.3 Å². The Morgan fingerprint density at radius 2 is 0.907 bits per heavy atom. The molecule has 0 saturated carbocycles. The molecular formula is C50H71N15O10. The van der Waals surface area contributed by atoms with Gasteiger partial charge in [-0.2, -0.15) is 0 Å². The molecule has 0 aromatic heterocycles. The number of guanidine groups is 2. The number of aliphatic hydroxyl groups excluding tert-OH is 1. The average Bonchev–Trinajstić information content (AvgIpc) is 4.21. The number of amides is 9. The molecule has 4 heterocycles. The maximum Gasteiger partial charge on any atom is 0.248 e. The predicted octanol–water partition coefficient (Wildman–Crippen LogP) is -3.90. The Morgan fingerprint density at radius 3 is 1.44 bits per heavy atom. The molecule has 25 heteroatoms. The van der Waals surface area contributed by atoms with Gasteiger partial charge in [0.05, 0.1) is 13.2 Å². The number of aliphatic hydroxyl groups is 1. The molecule has 4 aliphatic heterocycles. The minimum absolute atomic E-state index is 0.0119. The van der Waals surface area contributed by atoms with Gasteiger partial charge in [-0.3, -0.25) is 53.1 Å². The Hall–Kier alpha value is -7.83. The van der Waals surface area contributed by atoms with Crippen molar-refractivity contribution in [3.05, 3.63) is 71.8 Å². The second-order valence-electron chi connectivity index (χ2n) is 19.1. The van der Waals surface area contributed by atoms with E-state index in [1.807, 2.05) is 0 Å². The molecule has 0 spiro atoms. The lowest BCUT2D eigenvalue weighted by Crippen LogP contribution is -2.60. The first-order valence-corrected chi connectivity index (χ1v) is 25.5. The van der Waals surface area contributed by atoms with Crippen LogP contribution in [0.3, 0.4) is 0 Å². The quantitative estimate of drug-likeness (QED) is 0.0519. The number of rotatable bonds is 13. The minimum Gasteiger partial charge on any atom is -0.394 e. The summed E-state index contributed by atoms with van der Waals surface area (Å²) in [6.07, 6.45) is 2.21. The Labute approximate surface area is 434 Å². The molecule has 4 aliphatic rings. The van der Waals surface area contributed by atoms with Crippen molar-refractivity contribution in [2.75, 3.05) is 45.9 Å². The van der Waals surface area contributed by atoms with Gasteiger partial charge in [0.1, 0.15) is 48.3 Å². The van der Waals surface area contributed by atoms with Crippen molar-refractivity contribution in [3.8, 4) is 0 Å². The largest absolute Gasteiger partial charge is 0.394 e. The summed E-state index contributed by atoms with van der Waals surface area (Å²) in [5.74, 6) is -6.75. The molecule has 0 aliphatic carbocycles. The summed E-state index contributed by atoms with van der Waals surface area (Å²) in [6, 6.07) is 7.55. The molecule has 8 atom stereocenters. The number of carbonyl (C=O) groups is 9. The second kappa shape index (κ2) is 27.5. The molecule has 0 bridgehead atoms. The van der Waals surface area contributed by atoms with Crippen molar-refractivity contribution in [3.63, 3.8) is 0 Å². The smallest absolute Gasteiger partial charge is 0.248 e. The van der Waals surface area contributed by atoms with E-state index in [1.54, 1.807) is 60.7 Å². The maximum atomic E-state index is 14.7. The van der Waals surface area contributed by atoms with E-state index >= 15 is 0 Å². The maximum absolute atomic E-state index is 14.7.